The molecule has 1 aliphatic rings. The van der Waals surface area contributed by atoms with Crippen molar-refractivity contribution in [2.75, 3.05) is 21.3 Å². The summed E-state index contributed by atoms with van der Waals surface area (Å²) in [5.74, 6) is 1.56. The van der Waals surface area contributed by atoms with Gasteiger partial charge in [-0.1, -0.05) is 12.5 Å². The molecule has 0 heterocycles. The molecule has 3 heteroatoms. The standard InChI is InChI=1S/C11H18O3/c1-5-8-6-9(12-2)11(14-4)10(7-8)13-3/h6,10H,5,7H2,1-4H3/t10-/m0/s1. The van der Waals surface area contributed by atoms with Crippen LogP contribution in [0, 0.1) is 0 Å². The summed E-state index contributed by atoms with van der Waals surface area (Å²) in [6.07, 6.45) is 3.94. The van der Waals surface area contributed by atoms with Gasteiger partial charge >= 0.3 is 0 Å². The summed E-state index contributed by atoms with van der Waals surface area (Å²) in [7, 11) is 4.98. The van der Waals surface area contributed by atoms with Crippen molar-refractivity contribution in [1.82, 2.24) is 0 Å². The van der Waals surface area contributed by atoms with Crippen molar-refractivity contribution in [1.29, 1.82) is 0 Å². The zero-order chi connectivity index (χ0) is 10.6. The summed E-state index contributed by atoms with van der Waals surface area (Å²) in [6.45, 7) is 2.13. The lowest BCUT2D eigenvalue weighted by Crippen LogP contribution is -2.21. The fourth-order valence-corrected chi connectivity index (χ4v) is 1.63. The molecule has 0 N–H and O–H groups in total. The Labute approximate surface area is 85.3 Å². The van der Waals surface area contributed by atoms with Crippen molar-refractivity contribution in [3.63, 3.8) is 0 Å². The Kier molecular flexibility index (Phi) is 4.01. The maximum atomic E-state index is 5.36. The molecule has 0 saturated heterocycles. The molecule has 0 bridgehead atoms. The van der Waals surface area contributed by atoms with E-state index in [2.05, 4.69) is 6.92 Å². The second-order valence-corrected chi connectivity index (χ2v) is 3.22. The van der Waals surface area contributed by atoms with Crippen LogP contribution in [-0.4, -0.2) is 27.4 Å². The van der Waals surface area contributed by atoms with Gasteiger partial charge in [0, 0.05) is 13.5 Å². The van der Waals surface area contributed by atoms with Gasteiger partial charge in [-0.3, -0.25) is 0 Å². The number of hydrogen-bond acceptors (Lipinski definition) is 3. The first-order valence-electron chi connectivity index (χ1n) is 4.81. The molecule has 0 fully saturated rings. The van der Waals surface area contributed by atoms with Crippen molar-refractivity contribution < 1.29 is 14.2 Å². The van der Waals surface area contributed by atoms with Gasteiger partial charge in [0.15, 0.2) is 11.5 Å². The third-order valence-corrected chi connectivity index (χ3v) is 2.50. The Balaban J connectivity index is 2.97. The van der Waals surface area contributed by atoms with Gasteiger partial charge in [0.05, 0.1) is 14.2 Å². The van der Waals surface area contributed by atoms with Crippen LogP contribution in [0.2, 0.25) is 0 Å². The first-order chi connectivity index (χ1) is 6.76. The molecule has 0 saturated carbocycles. The number of hydrogen-bond donors (Lipinski definition) is 0. The molecular formula is C11H18O3. The van der Waals surface area contributed by atoms with E-state index in [0.29, 0.717) is 0 Å². The van der Waals surface area contributed by atoms with Crippen LogP contribution in [0.1, 0.15) is 19.8 Å². The fourth-order valence-electron chi connectivity index (χ4n) is 1.63. The quantitative estimate of drug-likeness (QED) is 0.693. The minimum absolute atomic E-state index is 0.00472. The van der Waals surface area contributed by atoms with Crippen molar-refractivity contribution in [3.8, 4) is 0 Å². The summed E-state index contributed by atoms with van der Waals surface area (Å²) < 4.78 is 15.9. The van der Waals surface area contributed by atoms with Crippen LogP contribution in [0.15, 0.2) is 23.2 Å². The minimum Gasteiger partial charge on any atom is -0.494 e. The molecule has 80 valence electrons. The first kappa shape index (κ1) is 11.1. The zero-order valence-corrected chi connectivity index (χ0v) is 9.29. The monoisotopic (exact) mass is 198 g/mol. The van der Waals surface area contributed by atoms with E-state index in [1.807, 2.05) is 6.08 Å². The van der Waals surface area contributed by atoms with Gasteiger partial charge in [-0.15, -0.1) is 0 Å². The van der Waals surface area contributed by atoms with Gasteiger partial charge in [0.25, 0.3) is 0 Å². The van der Waals surface area contributed by atoms with Crippen LogP contribution in [0.4, 0.5) is 0 Å². The van der Waals surface area contributed by atoms with Gasteiger partial charge in [-0.25, -0.2) is 0 Å². The van der Waals surface area contributed by atoms with Crippen molar-refractivity contribution in [2.45, 2.75) is 25.9 Å². The highest BCUT2D eigenvalue weighted by Gasteiger charge is 2.24. The van der Waals surface area contributed by atoms with Crippen LogP contribution in [-0.2, 0) is 14.2 Å². The van der Waals surface area contributed by atoms with Gasteiger partial charge < -0.3 is 14.2 Å². The van der Waals surface area contributed by atoms with Crippen LogP contribution in [0.25, 0.3) is 0 Å². The van der Waals surface area contributed by atoms with E-state index in [1.165, 1.54) is 5.57 Å². The second kappa shape index (κ2) is 5.05. The molecule has 0 spiro atoms. The van der Waals surface area contributed by atoms with Crippen LogP contribution in [0.3, 0.4) is 0 Å². The Morgan fingerprint density at radius 3 is 2.43 bits per heavy atom. The van der Waals surface area contributed by atoms with E-state index in [9.17, 15) is 0 Å². The van der Waals surface area contributed by atoms with E-state index in [0.717, 1.165) is 24.4 Å². The lowest BCUT2D eigenvalue weighted by atomic mass is 9.98. The highest BCUT2D eigenvalue weighted by molar-refractivity contribution is 5.29. The Morgan fingerprint density at radius 1 is 1.29 bits per heavy atom. The molecule has 1 aliphatic carbocycles. The summed E-state index contributed by atoms with van der Waals surface area (Å²) in [6, 6.07) is 0. The van der Waals surface area contributed by atoms with E-state index >= 15 is 0 Å². The molecule has 14 heavy (non-hydrogen) atoms. The normalized spacial score (nSPS) is 22.0. The van der Waals surface area contributed by atoms with Crippen molar-refractivity contribution in [2.24, 2.45) is 0 Å². The maximum absolute atomic E-state index is 5.36. The molecule has 1 rings (SSSR count). The summed E-state index contributed by atoms with van der Waals surface area (Å²) in [5, 5.41) is 0. The minimum atomic E-state index is -0.00472. The predicted molar refractivity (Wildman–Crippen MR) is 54.8 cm³/mol. The maximum Gasteiger partial charge on any atom is 0.166 e. The average Bonchev–Trinajstić information content (AvgIpc) is 2.26. The van der Waals surface area contributed by atoms with Crippen LogP contribution < -0.4 is 0 Å². The Hall–Kier alpha value is -0.960. The molecule has 0 aliphatic heterocycles. The van der Waals surface area contributed by atoms with Gasteiger partial charge in [0.2, 0.25) is 0 Å². The number of ether oxygens (including phenoxy) is 3. The zero-order valence-electron chi connectivity index (χ0n) is 9.29. The Bertz CT molecular complexity index is 253. The molecule has 1 atom stereocenters. The smallest absolute Gasteiger partial charge is 0.166 e. The fraction of sp³-hybridized carbons (Fsp3) is 0.636. The molecule has 0 unspecified atom stereocenters. The van der Waals surface area contributed by atoms with Crippen LogP contribution in [0.5, 0.6) is 0 Å². The predicted octanol–water partition coefficient (Wildman–Crippen LogP) is 2.25. The van der Waals surface area contributed by atoms with Crippen LogP contribution >= 0.6 is 0 Å². The number of rotatable bonds is 4. The number of allylic oxidation sites excluding steroid dienone is 1. The molecular weight excluding hydrogens is 180 g/mol. The van der Waals surface area contributed by atoms with E-state index < -0.39 is 0 Å². The van der Waals surface area contributed by atoms with E-state index in [4.69, 9.17) is 14.2 Å². The topological polar surface area (TPSA) is 27.7 Å². The molecule has 3 nitrogen and oxygen atoms in total. The first-order valence-corrected chi connectivity index (χ1v) is 4.81. The van der Waals surface area contributed by atoms with Gasteiger partial charge in [-0.2, -0.15) is 0 Å². The molecule has 0 aromatic rings. The summed E-state index contributed by atoms with van der Waals surface area (Å²) >= 11 is 0. The molecule has 0 radical (unpaired) electrons. The average molecular weight is 198 g/mol. The third kappa shape index (κ3) is 2.10. The van der Waals surface area contributed by atoms with Gasteiger partial charge in [-0.05, 0) is 12.5 Å². The van der Waals surface area contributed by atoms with E-state index in [1.54, 1.807) is 21.3 Å². The summed E-state index contributed by atoms with van der Waals surface area (Å²) in [5.41, 5.74) is 1.33. The Morgan fingerprint density at radius 2 is 2.00 bits per heavy atom. The largest absolute Gasteiger partial charge is 0.494 e. The highest BCUT2D eigenvalue weighted by Crippen LogP contribution is 2.28. The lowest BCUT2D eigenvalue weighted by Gasteiger charge is -2.25. The second-order valence-electron chi connectivity index (χ2n) is 3.22. The lowest BCUT2D eigenvalue weighted by molar-refractivity contribution is 0.0647. The highest BCUT2D eigenvalue weighted by atomic mass is 16.5. The van der Waals surface area contributed by atoms with E-state index in [-0.39, 0.29) is 6.10 Å². The summed E-state index contributed by atoms with van der Waals surface area (Å²) in [4.78, 5) is 0. The van der Waals surface area contributed by atoms with Crippen molar-refractivity contribution >= 4 is 0 Å². The molecule has 0 aromatic heterocycles. The van der Waals surface area contributed by atoms with Crippen molar-refractivity contribution in [3.05, 3.63) is 23.2 Å². The number of methoxy groups -OCH3 is 3. The third-order valence-electron chi connectivity index (χ3n) is 2.50. The van der Waals surface area contributed by atoms with Gasteiger partial charge in [0.1, 0.15) is 6.10 Å². The molecule has 0 aromatic carbocycles. The SMILES string of the molecule is CCC1=CC(OC)=C(OC)[C@@H](OC)C1. The molecule has 0 amide bonds.